The number of hydrogen-bond acceptors (Lipinski definition) is 9. The summed E-state index contributed by atoms with van der Waals surface area (Å²) in [6.45, 7) is 8.26. The second-order valence-electron chi connectivity index (χ2n) is 13.9. The zero-order valence-electron chi connectivity index (χ0n) is 31.8. The average molecular weight is 762 g/mol. The predicted molar refractivity (Wildman–Crippen MR) is 206 cm³/mol. The van der Waals surface area contributed by atoms with E-state index in [9.17, 15) is 33.9 Å². The number of unbranched alkanes of at least 4 members (excludes halogenated alkanes) is 1. The Bertz CT molecular complexity index is 2060. The molecule has 296 valence electrons. The topological polar surface area (TPSA) is 253 Å². The molecule has 3 amide bonds. The van der Waals surface area contributed by atoms with Crippen molar-refractivity contribution in [2.24, 2.45) is 5.11 Å². The summed E-state index contributed by atoms with van der Waals surface area (Å²) in [5, 5.41) is 21.5. The van der Waals surface area contributed by atoms with Gasteiger partial charge in [-0.15, -0.1) is 0 Å². The number of nitrogens with one attached hydrogen (secondary N) is 5. The Morgan fingerprint density at radius 3 is 2.22 bits per heavy atom. The number of carbonyl (C=O) groups excluding carboxylic acids is 3. The van der Waals surface area contributed by atoms with Crippen molar-refractivity contribution in [3.63, 3.8) is 0 Å². The number of hydrogen-bond donors (Lipinski definition) is 6. The maximum absolute atomic E-state index is 13.0. The Kier molecular flexibility index (Phi) is 15.5. The van der Waals surface area contributed by atoms with Gasteiger partial charge in [-0.1, -0.05) is 41.4 Å². The number of rotatable bonds is 19. The lowest BCUT2D eigenvalue weighted by molar-refractivity contribution is -0.122. The second-order valence-corrected chi connectivity index (χ2v) is 13.9. The van der Waals surface area contributed by atoms with E-state index in [-0.39, 0.29) is 66.6 Å². The molecular weight excluding hydrogens is 710 g/mol. The first-order chi connectivity index (χ1) is 26.3. The number of aromatic amines is 2. The van der Waals surface area contributed by atoms with Crippen molar-refractivity contribution in [3.8, 4) is 0 Å². The zero-order chi connectivity index (χ0) is 40.1. The van der Waals surface area contributed by atoms with E-state index in [1.807, 2.05) is 27.7 Å². The highest BCUT2D eigenvalue weighted by molar-refractivity contribution is 5.92. The van der Waals surface area contributed by atoms with E-state index in [0.717, 1.165) is 38.1 Å². The summed E-state index contributed by atoms with van der Waals surface area (Å²) in [6, 6.07) is 5.57. The largest absolute Gasteiger partial charge is 0.394 e. The summed E-state index contributed by atoms with van der Waals surface area (Å²) in [5.41, 5.74) is 13.4. The predicted octanol–water partition coefficient (Wildman–Crippen LogP) is 3.02. The van der Waals surface area contributed by atoms with Crippen LogP contribution in [0.1, 0.15) is 97.2 Å². The molecule has 6 N–H and O–H groups in total. The molecular formula is C38H51N9O8. The molecule has 4 rings (SSSR count). The van der Waals surface area contributed by atoms with Crippen LogP contribution in [0.25, 0.3) is 10.4 Å². The Hall–Kier alpha value is -5.51. The van der Waals surface area contributed by atoms with Crippen molar-refractivity contribution < 1.29 is 24.2 Å². The molecule has 0 radical (unpaired) electrons. The third-order valence-electron chi connectivity index (χ3n) is 9.54. The Morgan fingerprint density at radius 2 is 1.58 bits per heavy atom. The highest BCUT2D eigenvalue weighted by Crippen LogP contribution is 2.30. The lowest BCUT2D eigenvalue weighted by Gasteiger charge is -2.17. The van der Waals surface area contributed by atoms with Crippen LogP contribution in [0.2, 0.25) is 0 Å². The zero-order valence-corrected chi connectivity index (χ0v) is 31.8. The van der Waals surface area contributed by atoms with E-state index < -0.39 is 36.2 Å². The fourth-order valence-electron chi connectivity index (χ4n) is 6.90. The fourth-order valence-corrected chi connectivity index (χ4v) is 6.90. The molecule has 2 aromatic heterocycles. The van der Waals surface area contributed by atoms with Crippen molar-refractivity contribution in [3.05, 3.63) is 105 Å². The van der Waals surface area contributed by atoms with Gasteiger partial charge in [0.15, 0.2) is 0 Å². The number of aromatic nitrogens is 3. The normalized spacial score (nSPS) is 16.3. The lowest BCUT2D eigenvalue weighted by atomic mass is 9.94. The Labute approximate surface area is 317 Å². The number of H-pyrrole nitrogens is 2. The number of benzene rings is 1. The van der Waals surface area contributed by atoms with E-state index in [1.165, 1.54) is 6.20 Å². The van der Waals surface area contributed by atoms with Gasteiger partial charge in [0.25, 0.3) is 11.1 Å². The van der Waals surface area contributed by atoms with Gasteiger partial charge in [-0.2, -0.15) is 0 Å². The van der Waals surface area contributed by atoms with Gasteiger partial charge >= 0.3 is 5.69 Å². The Morgan fingerprint density at radius 1 is 0.927 bits per heavy atom. The van der Waals surface area contributed by atoms with Crippen LogP contribution in [0.4, 0.5) is 5.69 Å². The first kappa shape index (κ1) is 42.2. The minimum Gasteiger partial charge on any atom is -0.394 e. The summed E-state index contributed by atoms with van der Waals surface area (Å²) in [6.07, 6.45) is 2.74. The molecule has 0 bridgehead atoms. The lowest BCUT2D eigenvalue weighted by Crippen LogP contribution is -2.35. The highest BCUT2D eigenvalue weighted by atomic mass is 16.5. The summed E-state index contributed by atoms with van der Waals surface area (Å²) in [5.74, 6) is -0.841. The fraction of sp³-hybridized carbons (Fsp3) is 0.526. The molecule has 0 spiro atoms. The van der Waals surface area contributed by atoms with Crippen LogP contribution in [-0.4, -0.2) is 69.2 Å². The number of anilines is 1. The quantitative estimate of drug-likeness (QED) is 0.0457. The number of pyridine rings is 1. The standard InChI is InChI=1S/C38H51N9O8/c1-5-27-24(4)42-37(53)35(28(27)18-25-16-22(2)15-23(3)17-25)43-33(51)10-8-9-31(49)40-13-6-7-14-41-32(50)12-11-26-20-47(38(54)44-36(26)52)34-19-29(45-46-39)30(21-48)55-34/h15-17,20,29-30,34,48H,5-14,18-19,21H2,1-4H3,(H,40,49)(H,41,50)(H,42,53)(H,43,51)(H,44,52,54)/t29-,30+,34+/m0/s1. The van der Waals surface area contributed by atoms with Crippen molar-refractivity contribution in [1.82, 2.24) is 25.2 Å². The maximum Gasteiger partial charge on any atom is 0.330 e. The molecule has 1 aliphatic heterocycles. The molecule has 0 aliphatic carbocycles. The van der Waals surface area contributed by atoms with Crippen LogP contribution >= 0.6 is 0 Å². The first-order valence-electron chi connectivity index (χ1n) is 18.6. The molecule has 3 heterocycles. The number of aliphatic hydroxyl groups excluding tert-OH is 1. The van der Waals surface area contributed by atoms with E-state index in [0.29, 0.717) is 45.2 Å². The summed E-state index contributed by atoms with van der Waals surface area (Å²) in [7, 11) is 0. The van der Waals surface area contributed by atoms with Crippen LogP contribution in [0.15, 0.2) is 43.9 Å². The molecule has 17 heteroatoms. The molecule has 3 aromatic rings. The van der Waals surface area contributed by atoms with Gasteiger partial charge in [-0.25, -0.2) is 4.79 Å². The minimum absolute atomic E-state index is 0.0104. The summed E-state index contributed by atoms with van der Waals surface area (Å²) >= 11 is 0. The number of aryl methyl sites for hydroxylation is 4. The smallest absolute Gasteiger partial charge is 0.330 e. The molecule has 0 unspecified atom stereocenters. The number of amides is 3. The third kappa shape index (κ3) is 12.0. The average Bonchev–Trinajstić information content (AvgIpc) is 3.53. The van der Waals surface area contributed by atoms with E-state index in [1.54, 1.807) is 0 Å². The van der Waals surface area contributed by atoms with Crippen LogP contribution in [-0.2, 0) is 38.4 Å². The molecule has 0 saturated carbocycles. The van der Waals surface area contributed by atoms with Crippen LogP contribution in [0.5, 0.6) is 0 Å². The second kappa shape index (κ2) is 20.2. The van der Waals surface area contributed by atoms with E-state index in [4.69, 9.17) is 10.3 Å². The van der Waals surface area contributed by atoms with Gasteiger partial charge in [0.05, 0.1) is 18.8 Å². The number of ether oxygens (including phenoxy) is 1. The monoisotopic (exact) mass is 761 g/mol. The van der Waals surface area contributed by atoms with Gasteiger partial charge in [0.2, 0.25) is 17.7 Å². The summed E-state index contributed by atoms with van der Waals surface area (Å²) in [4.78, 5) is 83.4. The van der Waals surface area contributed by atoms with Crippen LogP contribution in [0, 0.1) is 20.8 Å². The van der Waals surface area contributed by atoms with Gasteiger partial charge < -0.3 is 30.8 Å². The molecule has 1 aliphatic rings. The summed E-state index contributed by atoms with van der Waals surface area (Å²) < 4.78 is 6.80. The van der Waals surface area contributed by atoms with Crippen LogP contribution in [0.3, 0.4) is 0 Å². The molecule has 1 fully saturated rings. The van der Waals surface area contributed by atoms with Gasteiger partial charge in [-0.05, 0) is 75.1 Å². The van der Waals surface area contributed by atoms with Gasteiger partial charge in [0, 0.05) is 67.6 Å². The van der Waals surface area contributed by atoms with E-state index >= 15 is 0 Å². The molecule has 17 nitrogen and oxygen atoms in total. The molecule has 1 saturated heterocycles. The third-order valence-corrected chi connectivity index (χ3v) is 9.54. The molecule has 55 heavy (non-hydrogen) atoms. The first-order valence-corrected chi connectivity index (χ1v) is 18.6. The molecule has 3 atom stereocenters. The SMILES string of the molecule is CCc1c(C)[nH]c(=O)c(NC(=O)CCCC(=O)NCCCCNC(=O)CCc2cn([C@H]3C[C@H](N=[N+]=[N-])[C@@H](CO)O3)c(=O)[nH]c2=O)c1Cc1cc(C)cc(C)c1. The number of nitrogens with zero attached hydrogens (tertiary/aromatic N) is 4. The van der Waals surface area contributed by atoms with Crippen molar-refractivity contribution in [2.75, 3.05) is 25.0 Å². The van der Waals surface area contributed by atoms with Crippen molar-refractivity contribution >= 4 is 23.4 Å². The van der Waals surface area contributed by atoms with Crippen LogP contribution < -0.4 is 32.8 Å². The van der Waals surface area contributed by atoms with Crippen molar-refractivity contribution in [2.45, 2.75) is 110 Å². The van der Waals surface area contributed by atoms with Gasteiger partial charge in [0.1, 0.15) is 11.9 Å². The highest BCUT2D eigenvalue weighted by Gasteiger charge is 2.36. The number of azide groups is 1. The van der Waals surface area contributed by atoms with Gasteiger partial charge in [-0.3, -0.25) is 33.5 Å². The maximum atomic E-state index is 13.0. The Balaban J connectivity index is 1.15. The minimum atomic E-state index is -0.859. The van der Waals surface area contributed by atoms with E-state index in [2.05, 4.69) is 54.1 Å². The number of carbonyl (C=O) groups is 3. The molecule has 1 aromatic carbocycles. The number of aliphatic hydroxyl groups is 1. The van der Waals surface area contributed by atoms with Crippen molar-refractivity contribution in [1.29, 1.82) is 0 Å².